The maximum Gasteiger partial charge on any atom is 0.242 e. The highest BCUT2D eigenvalue weighted by Crippen LogP contribution is 2.21. The normalized spacial score (nSPS) is 15.1. The quantitative estimate of drug-likeness (QED) is 0.665. The van der Waals surface area contributed by atoms with Gasteiger partial charge in [0, 0.05) is 13.1 Å². The molecule has 0 aliphatic carbocycles. The van der Waals surface area contributed by atoms with E-state index < -0.39 is 0 Å². The summed E-state index contributed by atoms with van der Waals surface area (Å²) in [5.74, 6) is 0.645. The number of nitrogens with zero attached hydrogens (tertiary/aromatic N) is 3. The third-order valence-electron chi connectivity index (χ3n) is 5.72. The van der Waals surface area contributed by atoms with Crippen LogP contribution in [-0.2, 0) is 27.3 Å². The molecule has 2 amide bonds. The highest BCUT2D eigenvalue weighted by atomic mass is 16.5. The van der Waals surface area contributed by atoms with Crippen LogP contribution < -0.4 is 5.32 Å². The minimum Gasteiger partial charge on any atom is -0.378 e. The molecule has 1 aliphatic heterocycles. The zero-order valence-corrected chi connectivity index (χ0v) is 18.0. The van der Waals surface area contributed by atoms with Gasteiger partial charge in [-0.25, -0.2) is 4.98 Å². The number of fused-ring (bicyclic) bond motifs is 1. The number of benzene rings is 2. The summed E-state index contributed by atoms with van der Waals surface area (Å²) in [6.45, 7) is 6.43. The van der Waals surface area contributed by atoms with Gasteiger partial charge in [0.1, 0.15) is 12.4 Å². The van der Waals surface area contributed by atoms with Crippen molar-refractivity contribution in [2.24, 2.45) is 0 Å². The number of para-hydroxylation sites is 2. The van der Waals surface area contributed by atoms with Crippen LogP contribution in [0.4, 0.5) is 0 Å². The lowest BCUT2D eigenvalue weighted by molar-refractivity contribution is -0.135. The third-order valence-corrected chi connectivity index (χ3v) is 5.72. The Morgan fingerprint density at radius 1 is 1.10 bits per heavy atom. The largest absolute Gasteiger partial charge is 0.378 e. The van der Waals surface area contributed by atoms with Gasteiger partial charge in [0.25, 0.3) is 0 Å². The predicted octanol–water partition coefficient (Wildman–Crippen LogP) is 2.62. The van der Waals surface area contributed by atoms with Crippen LogP contribution in [-0.4, -0.2) is 52.6 Å². The number of ether oxygens (including phenoxy) is 1. The number of rotatable bonds is 6. The zero-order valence-electron chi connectivity index (χ0n) is 18.0. The Hall–Kier alpha value is -3.19. The second kappa shape index (κ2) is 9.31. The summed E-state index contributed by atoms with van der Waals surface area (Å²) in [5.41, 5.74) is 3.79. The van der Waals surface area contributed by atoms with Gasteiger partial charge < -0.3 is 19.5 Å². The van der Waals surface area contributed by atoms with Crippen LogP contribution in [0, 0.1) is 6.92 Å². The first kappa shape index (κ1) is 21.1. The van der Waals surface area contributed by atoms with Crippen molar-refractivity contribution in [3.8, 4) is 0 Å². The van der Waals surface area contributed by atoms with Crippen LogP contribution in [0.1, 0.15) is 29.9 Å². The molecule has 162 valence electrons. The zero-order chi connectivity index (χ0) is 21.8. The van der Waals surface area contributed by atoms with E-state index in [2.05, 4.69) is 5.32 Å². The van der Waals surface area contributed by atoms with E-state index in [1.165, 1.54) is 0 Å². The van der Waals surface area contributed by atoms with Gasteiger partial charge in [-0.2, -0.15) is 0 Å². The molecule has 3 aromatic rings. The van der Waals surface area contributed by atoms with Crippen molar-refractivity contribution in [3.63, 3.8) is 0 Å². The van der Waals surface area contributed by atoms with Crippen LogP contribution >= 0.6 is 0 Å². The van der Waals surface area contributed by atoms with E-state index in [4.69, 9.17) is 9.72 Å². The summed E-state index contributed by atoms with van der Waals surface area (Å²) in [4.78, 5) is 32.2. The number of amides is 2. The Labute approximate surface area is 182 Å². The molecule has 1 N–H and O–H groups in total. The van der Waals surface area contributed by atoms with Crippen molar-refractivity contribution in [3.05, 3.63) is 65.5 Å². The fraction of sp³-hybridized carbons (Fsp3) is 0.375. The van der Waals surface area contributed by atoms with Crippen LogP contribution in [0.3, 0.4) is 0 Å². The molecule has 1 fully saturated rings. The molecule has 0 bridgehead atoms. The topological polar surface area (TPSA) is 76.5 Å². The number of aromatic nitrogens is 2. The maximum absolute atomic E-state index is 12.9. The van der Waals surface area contributed by atoms with Crippen molar-refractivity contribution in [1.29, 1.82) is 0 Å². The number of nitrogens with one attached hydrogen (secondary N) is 1. The minimum atomic E-state index is -0.332. The fourth-order valence-corrected chi connectivity index (χ4v) is 3.98. The predicted molar refractivity (Wildman–Crippen MR) is 119 cm³/mol. The van der Waals surface area contributed by atoms with Gasteiger partial charge in [-0.15, -0.1) is 0 Å². The summed E-state index contributed by atoms with van der Waals surface area (Å²) < 4.78 is 7.28. The Morgan fingerprint density at radius 3 is 2.58 bits per heavy atom. The van der Waals surface area contributed by atoms with Gasteiger partial charge in [-0.1, -0.05) is 36.4 Å². The first-order chi connectivity index (χ1) is 15.0. The van der Waals surface area contributed by atoms with Crippen molar-refractivity contribution < 1.29 is 14.3 Å². The lowest BCUT2D eigenvalue weighted by atomic mass is 10.1. The molecular weight excluding hydrogens is 392 g/mol. The third kappa shape index (κ3) is 4.77. The van der Waals surface area contributed by atoms with Crippen LogP contribution in [0.25, 0.3) is 11.0 Å². The number of carbonyl (C=O) groups is 2. The van der Waals surface area contributed by atoms with Gasteiger partial charge >= 0.3 is 0 Å². The molecule has 7 nitrogen and oxygen atoms in total. The second-order valence-electron chi connectivity index (χ2n) is 7.93. The van der Waals surface area contributed by atoms with Crippen molar-refractivity contribution in [1.82, 2.24) is 19.8 Å². The molecule has 0 spiro atoms. The van der Waals surface area contributed by atoms with Gasteiger partial charge in [0.2, 0.25) is 11.8 Å². The molecule has 1 aromatic heterocycles. The highest BCUT2D eigenvalue weighted by molar-refractivity contribution is 5.82. The first-order valence-electron chi connectivity index (χ1n) is 10.7. The van der Waals surface area contributed by atoms with Crippen molar-refractivity contribution >= 4 is 22.8 Å². The van der Waals surface area contributed by atoms with Crippen molar-refractivity contribution in [2.75, 3.05) is 26.3 Å². The molecule has 2 heterocycles. The van der Waals surface area contributed by atoms with Crippen LogP contribution in [0.2, 0.25) is 0 Å². The summed E-state index contributed by atoms with van der Waals surface area (Å²) in [6, 6.07) is 15.3. The minimum absolute atomic E-state index is 0.0335. The monoisotopic (exact) mass is 420 g/mol. The average molecular weight is 421 g/mol. The number of morpholine rings is 1. The standard InChI is InChI=1S/C24H28N4O3/c1-17-7-3-4-8-19(17)15-22(29)25-18(2)24-26-20-9-5-6-10-21(20)28(24)16-23(30)27-11-13-31-14-12-27/h3-10,18H,11-16H2,1-2H3,(H,25,29). The molecule has 0 radical (unpaired) electrons. The molecule has 0 saturated carbocycles. The molecule has 1 atom stereocenters. The molecule has 1 unspecified atom stereocenters. The summed E-state index contributed by atoms with van der Waals surface area (Å²) >= 11 is 0. The van der Waals surface area contributed by atoms with E-state index in [1.807, 2.05) is 71.8 Å². The smallest absolute Gasteiger partial charge is 0.242 e. The van der Waals surface area contributed by atoms with E-state index in [9.17, 15) is 9.59 Å². The first-order valence-corrected chi connectivity index (χ1v) is 10.7. The Morgan fingerprint density at radius 2 is 1.81 bits per heavy atom. The summed E-state index contributed by atoms with van der Waals surface area (Å²) in [7, 11) is 0. The molecule has 1 saturated heterocycles. The lowest BCUT2D eigenvalue weighted by Gasteiger charge is -2.27. The fourth-order valence-electron chi connectivity index (χ4n) is 3.98. The van der Waals surface area contributed by atoms with E-state index in [0.717, 1.165) is 22.2 Å². The number of imidazole rings is 1. The van der Waals surface area contributed by atoms with Crippen LogP contribution in [0.15, 0.2) is 48.5 Å². The number of hydrogen-bond donors (Lipinski definition) is 1. The lowest BCUT2D eigenvalue weighted by Crippen LogP contribution is -2.42. The summed E-state index contributed by atoms with van der Waals surface area (Å²) in [6.07, 6.45) is 0.309. The Bertz CT molecular complexity index is 1090. The molecule has 4 rings (SSSR count). The van der Waals surface area contributed by atoms with E-state index in [1.54, 1.807) is 0 Å². The maximum atomic E-state index is 12.9. The van der Waals surface area contributed by atoms with Crippen molar-refractivity contribution in [2.45, 2.75) is 32.9 Å². The molecule has 2 aromatic carbocycles. The van der Waals surface area contributed by atoms with E-state index >= 15 is 0 Å². The van der Waals surface area contributed by atoms with Gasteiger partial charge in [-0.05, 0) is 37.1 Å². The average Bonchev–Trinajstić information content (AvgIpc) is 3.14. The van der Waals surface area contributed by atoms with Crippen LogP contribution in [0.5, 0.6) is 0 Å². The van der Waals surface area contributed by atoms with Gasteiger partial charge in [0.15, 0.2) is 0 Å². The number of carbonyl (C=O) groups excluding carboxylic acids is 2. The van der Waals surface area contributed by atoms with E-state index in [0.29, 0.717) is 38.5 Å². The Balaban J connectivity index is 1.54. The molecule has 1 aliphatic rings. The molecule has 7 heteroatoms. The summed E-state index contributed by atoms with van der Waals surface area (Å²) in [5, 5.41) is 3.06. The SMILES string of the molecule is Cc1ccccc1CC(=O)NC(C)c1nc2ccccc2n1CC(=O)N1CCOCC1. The number of aryl methyl sites for hydroxylation is 1. The van der Waals surface area contributed by atoms with E-state index in [-0.39, 0.29) is 24.4 Å². The molecule has 31 heavy (non-hydrogen) atoms. The second-order valence-corrected chi connectivity index (χ2v) is 7.93. The Kier molecular flexibility index (Phi) is 6.32. The number of hydrogen-bond acceptors (Lipinski definition) is 4. The highest BCUT2D eigenvalue weighted by Gasteiger charge is 2.23. The van der Waals surface area contributed by atoms with Gasteiger partial charge in [-0.3, -0.25) is 9.59 Å². The van der Waals surface area contributed by atoms with Gasteiger partial charge in [0.05, 0.1) is 36.7 Å². The molecular formula is C24H28N4O3.